The summed E-state index contributed by atoms with van der Waals surface area (Å²) in [6.45, 7) is 4.33. The molecule has 2 N–H and O–H groups in total. The molecule has 1 unspecified atom stereocenters. The van der Waals surface area contributed by atoms with Crippen LogP contribution in [0.15, 0.2) is 6.20 Å². The van der Waals surface area contributed by atoms with E-state index in [9.17, 15) is 8.42 Å². The van der Waals surface area contributed by atoms with Gasteiger partial charge in [0.05, 0.1) is 11.8 Å². The van der Waals surface area contributed by atoms with Gasteiger partial charge in [-0.2, -0.15) is 0 Å². The fraction of sp³-hybridized carbons (Fsp3) is 0.667. The van der Waals surface area contributed by atoms with Crippen molar-refractivity contribution >= 4 is 21.4 Å². The van der Waals surface area contributed by atoms with Gasteiger partial charge in [0, 0.05) is 17.6 Å². The maximum absolute atomic E-state index is 11.7. The summed E-state index contributed by atoms with van der Waals surface area (Å²) < 4.78 is 26.0. The molecule has 16 heavy (non-hydrogen) atoms. The lowest BCUT2D eigenvalue weighted by Gasteiger charge is -2.12. The molecule has 0 aliphatic carbocycles. The number of rotatable bonds is 6. The van der Waals surface area contributed by atoms with Gasteiger partial charge in [0.1, 0.15) is 5.01 Å². The molecule has 0 spiro atoms. The van der Waals surface area contributed by atoms with E-state index in [1.807, 2.05) is 6.92 Å². The van der Waals surface area contributed by atoms with Crippen LogP contribution >= 0.6 is 11.3 Å². The Balaban J connectivity index is 2.54. The van der Waals surface area contributed by atoms with Crippen LogP contribution in [0.3, 0.4) is 0 Å². The Morgan fingerprint density at radius 2 is 2.25 bits per heavy atom. The Hall–Kier alpha value is -0.500. The summed E-state index contributed by atoms with van der Waals surface area (Å²) in [4.78, 5) is 5.18. The molecule has 7 heteroatoms. The molecule has 0 radical (unpaired) electrons. The van der Waals surface area contributed by atoms with E-state index in [0.29, 0.717) is 6.54 Å². The maximum atomic E-state index is 11.7. The van der Waals surface area contributed by atoms with Crippen molar-refractivity contribution in [1.82, 2.24) is 15.0 Å². The third-order valence-corrected chi connectivity index (χ3v) is 4.80. The van der Waals surface area contributed by atoms with Crippen LogP contribution in [-0.2, 0) is 16.6 Å². The van der Waals surface area contributed by atoms with Crippen LogP contribution in [0.4, 0.5) is 0 Å². The lowest BCUT2D eigenvalue weighted by molar-refractivity contribution is 0.563. The summed E-state index contributed by atoms with van der Waals surface area (Å²) in [6.07, 6.45) is 1.74. The van der Waals surface area contributed by atoms with E-state index in [1.54, 1.807) is 20.2 Å². The Morgan fingerprint density at radius 1 is 1.56 bits per heavy atom. The molecule has 0 bridgehead atoms. The molecule has 0 fully saturated rings. The van der Waals surface area contributed by atoms with E-state index < -0.39 is 15.3 Å². The smallest absolute Gasteiger partial charge is 0.215 e. The molecular formula is C9H17N3O2S2. The highest BCUT2D eigenvalue weighted by Gasteiger charge is 2.19. The number of hydrogen-bond donors (Lipinski definition) is 2. The summed E-state index contributed by atoms with van der Waals surface area (Å²) in [6, 6.07) is 0. The predicted molar refractivity (Wildman–Crippen MR) is 66.0 cm³/mol. The first-order valence-corrected chi connectivity index (χ1v) is 7.36. The zero-order chi connectivity index (χ0) is 12.2. The number of aromatic nitrogens is 1. The SMILES string of the molecule is CNCC(C)S(=O)(=O)NCc1ncc(C)s1. The van der Waals surface area contributed by atoms with Gasteiger partial charge in [0.25, 0.3) is 0 Å². The Morgan fingerprint density at radius 3 is 2.75 bits per heavy atom. The van der Waals surface area contributed by atoms with Crippen LogP contribution in [0.2, 0.25) is 0 Å². The molecule has 92 valence electrons. The predicted octanol–water partition coefficient (Wildman–Crippen LogP) is 0.479. The highest BCUT2D eigenvalue weighted by molar-refractivity contribution is 7.90. The molecule has 1 aromatic heterocycles. The average molecular weight is 263 g/mol. The van der Waals surface area contributed by atoms with Crippen molar-refractivity contribution in [2.24, 2.45) is 0 Å². The minimum Gasteiger partial charge on any atom is -0.318 e. The number of nitrogens with one attached hydrogen (secondary N) is 2. The number of hydrogen-bond acceptors (Lipinski definition) is 5. The van der Waals surface area contributed by atoms with Gasteiger partial charge in [0.15, 0.2) is 0 Å². The number of nitrogens with zero attached hydrogens (tertiary/aromatic N) is 1. The van der Waals surface area contributed by atoms with Crippen molar-refractivity contribution < 1.29 is 8.42 Å². The lowest BCUT2D eigenvalue weighted by Crippen LogP contribution is -2.37. The second-order valence-corrected chi connectivity index (χ2v) is 7.10. The van der Waals surface area contributed by atoms with Gasteiger partial charge >= 0.3 is 0 Å². The fourth-order valence-electron chi connectivity index (χ4n) is 1.18. The van der Waals surface area contributed by atoms with Gasteiger partial charge < -0.3 is 5.32 Å². The molecule has 1 atom stereocenters. The third-order valence-electron chi connectivity index (χ3n) is 2.12. The highest BCUT2D eigenvalue weighted by Crippen LogP contribution is 2.11. The van der Waals surface area contributed by atoms with E-state index in [4.69, 9.17) is 0 Å². The van der Waals surface area contributed by atoms with Gasteiger partial charge in [-0.1, -0.05) is 0 Å². The van der Waals surface area contributed by atoms with Crippen LogP contribution in [0, 0.1) is 6.92 Å². The van der Waals surface area contributed by atoms with Crippen LogP contribution in [-0.4, -0.2) is 32.2 Å². The zero-order valence-electron chi connectivity index (χ0n) is 9.65. The van der Waals surface area contributed by atoms with Gasteiger partial charge in [0.2, 0.25) is 10.0 Å². The van der Waals surface area contributed by atoms with E-state index in [2.05, 4.69) is 15.0 Å². The topological polar surface area (TPSA) is 71.1 Å². The summed E-state index contributed by atoms with van der Waals surface area (Å²) in [7, 11) is -1.52. The first-order chi connectivity index (χ1) is 7.45. The minimum atomic E-state index is -3.26. The Kier molecular flexibility index (Phi) is 4.85. The zero-order valence-corrected chi connectivity index (χ0v) is 11.3. The molecule has 0 amide bonds. The second-order valence-electron chi connectivity index (χ2n) is 3.60. The number of aryl methyl sites for hydroxylation is 1. The molecule has 1 rings (SSSR count). The van der Waals surface area contributed by atoms with E-state index in [-0.39, 0.29) is 6.54 Å². The minimum absolute atomic E-state index is 0.273. The van der Waals surface area contributed by atoms with Gasteiger partial charge in [-0.25, -0.2) is 18.1 Å². The van der Waals surface area contributed by atoms with Crippen LogP contribution in [0.1, 0.15) is 16.8 Å². The molecule has 1 heterocycles. The standard InChI is InChI=1S/C9H17N3O2S2/c1-7-4-11-9(15-7)6-12-16(13,14)8(2)5-10-3/h4,8,10,12H,5-6H2,1-3H3. The van der Waals surface area contributed by atoms with Gasteiger partial charge in [-0.15, -0.1) is 11.3 Å². The maximum Gasteiger partial charge on any atom is 0.215 e. The fourth-order valence-corrected chi connectivity index (χ4v) is 3.01. The molecule has 0 saturated heterocycles. The second kappa shape index (κ2) is 5.72. The number of thiazole rings is 1. The van der Waals surface area contributed by atoms with Crippen LogP contribution in [0.5, 0.6) is 0 Å². The summed E-state index contributed by atoms with van der Waals surface area (Å²) in [5, 5.41) is 3.19. The molecular weight excluding hydrogens is 246 g/mol. The van der Waals surface area contributed by atoms with Crippen molar-refractivity contribution in [3.8, 4) is 0 Å². The monoisotopic (exact) mass is 263 g/mol. The van der Waals surface area contributed by atoms with Crippen molar-refractivity contribution in [2.75, 3.05) is 13.6 Å². The summed E-state index contributed by atoms with van der Waals surface area (Å²) in [5.74, 6) is 0. The molecule has 1 aromatic rings. The van der Waals surface area contributed by atoms with Crippen LogP contribution in [0.25, 0.3) is 0 Å². The Labute approximate surface area is 100 Å². The molecule has 0 aromatic carbocycles. The largest absolute Gasteiger partial charge is 0.318 e. The van der Waals surface area contributed by atoms with E-state index in [0.717, 1.165) is 9.88 Å². The summed E-state index contributed by atoms with van der Waals surface area (Å²) >= 11 is 1.50. The first kappa shape index (κ1) is 13.6. The molecule has 0 aliphatic rings. The van der Waals surface area contributed by atoms with E-state index in [1.165, 1.54) is 11.3 Å². The van der Waals surface area contributed by atoms with Crippen LogP contribution < -0.4 is 10.0 Å². The van der Waals surface area contributed by atoms with Crippen molar-refractivity contribution in [2.45, 2.75) is 25.6 Å². The first-order valence-electron chi connectivity index (χ1n) is 5.00. The molecule has 0 aliphatic heterocycles. The highest BCUT2D eigenvalue weighted by atomic mass is 32.2. The summed E-state index contributed by atoms with van der Waals surface area (Å²) in [5.41, 5.74) is 0. The van der Waals surface area contributed by atoms with Crippen molar-refractivity contribution in [3.05, 3.63) is 16.1 Å². The van der Waals surface area contributed by atoms with Crippen molar-refractivity contribution in [1.29, 1.82) is 0 Å². The van der Waals surface area contributed by atoms with Gasteiger partial charge in [-0.3, -0.25) is 0 Å². The third kappa shape index (κ3) is 3.82. The molecule has 0 saturated carbocycles. The molecule has 5 nitrogen and oxygen atoms in total. The quantitative estimate of drug-likeness (QED) is 0.783. The Bertz CT molecular complexity index is 428. The van der Waals surface area contributed by atoms with Gasteiger partial charge in [-0.05, 0) is 20.9 Å². The normalized spacial score (nSPS) is 13.9. The lowest BCUT2D eigenvalue weighted by atomic mass is 10.5. The van der Waals surface area contributed by atoms with E-state index >= 15 is 0 Å². The number of sulfonamides is 1. The average Bonchev–Trinajstić information content (AvgIpc) is 2.62. The van der Waals surface area contributed by atoms with Crippen molar-refractivity contribution in [3.63, 3.8) is 0 Å².